The number of rotatable bonds is 3. The Labute approximate surface area is 156 Å². The lowest BCUT2D eigenvalue weighted by molar-refractivity contribution is 0.0548. The molecule has 2 aromatic carbocycles. The molecule has 140 valence electrons. The number of fused-ring (bicyclic) bond motifs is 2. The smallest absolute Gasteiger partial charge is 0.231 e. The Hall–Kier alpha value is -2.99. The zero-order valence-electron chi connectivity index (χ0n) is 15.6. The minimum absolute atomic E-state index is 0.175. The number of carbonyl (C=O) groups is 1. The molecule has 1 heterocycles. The minimum Gasteiger partial charge on any atom is -0.493 e. The van der Waals surface area contributed by atoms with Crippen molar-refractivity contribution in [1.82, 2.24) is 0 Å². The molecule has 1 unspecified atom stereocenters. The summed E-state index contributed by atoms with van der Waals surface area (Å²) >= 11 is 0. The summed E-state index contributed by atoms with van der Waals surface area (Å²) < 4.78 is 21.6. The SMILES string of the molecule is COc1cc2c(cc1OC)C(c1ccc3c(c1)OCO3)=C(C)C(C)(O)C2=O. The van der Waals surface area contributed by atoms with E-state index in [0.29, 0.717) is 39.7 Å². The lowest BCUT2D eigenvalue weighted by atomic mass is 9.74. The van der Waals surface area contributed by atoms with Crippen LogP contribution in [0.15, 0.2) is 35.9 Å². The van der Waals surface area contributed by atoms with Crippen molar-refractivity contribution in [2.45, 2.75) is 19.4 Å². The van der Waals surface area contributed by atoms with Gasteiger partial charge in [0.1, 0.15) is 5.60 Å². The van der Waals surface area contributed by atoms with Gasteiger partial charge in [-0.15, -0.1) is 0 Å². The summed E-state index contributed by atoms with van der Waals surface area (Å²) in [4.78, 5) is 13.0. The maximum atomic E-state index is 13.0. The van der Waals surface area contributed by atoms with Gasteiger partial charge in [-0.2, -0.15) is 0 Å². The van der Waals surface area contributed by atoms with E-state index < -0.39 is 5.60 Å². The maximum absolute atomic E-state index is 13.0. The fourth-order valence-corrected chi connectivity index (χ4v) is 3.58. The van der Waals surface area contributed by atoms with E-state index in [1.165, 1.54) is 14.0 Å². The highest BCUT2D eigenvalue weighted by Crippen LogP contribution is 2.46. The van der Waals surface area contributed by atoms with Gasteiger partial charge in [0.2, 0.25) is 6.79 Å². The first kappa shape index (κ1) is 17.4. The first-order valence-electron chi connectivity index (χ1n) is 8.53. The molecular formula is C21H20O6. The normalized spacial score (nSPS) is 20.6. The number of methoxy groups -OCH3 is 2. The summed E-state index contributed by atoms with van der Waals surface area (Å²) in [5.41, 5.74) is 1.58. The molecule has 6 nitrogen and oxygen atoms in total. The monoisotopic (exact) mass is 368 g/mol. The van der Waals surface area contributed by atoms with Crippen LogP contribution in [0.4, 0.5) is 0 Å². The highest BCUT2D eigenvalue weighted by molar-refractivity contribution is 6.13. The molecule has 27 heavy (non-hydrogen) atoms. The number of ether oxygens (including phenoxy) is 4. The zero-order chi connectivity index (χ0) is 19.3. The summed E-state index contributed by atoms with van der Waals surface area (Å²) in [5, 5.41) is 10.9. The molecule has 0 bridgehead atoms. The predicted molar refractivity (Wildman–Crippen MR) is 98.8 cm³/mol. The third kappa shape index (κ3) is 2.48. The minimum atomic E-state index is -1.63. The van der Waals surface area contributed by atoms with E-state index in [4.69, 9.17) is 18.9 Å². The van der Waals surface area contributed by atoms with E-state index in [2.05, 4.69) is 0 Å². The van der Waals surface area contributed by atoms with E-state index in [9.17, 15) is 9.90 Å². The Kier molecular flexibility index (Phi) is 3.89. The average molecular weight is 368 g/mol. The molecule has 0 saturated heterocycles. The van der Waals surface area contributed by atoms with Crippen LogP contribution in [0.1, 0.15) is 35.3 Å². The second kappa shape index (κ2) is 6.03. The van der Waals surface area contributed by atoms with Crippen LogP contribution in [0.25, 0.3) is 5.57 Å². The lowest BCUT2D eigenvalue weighted by Crippen LogP contribution is -2.40. The molecule has 0 radical (unpaired) electrons. The first-order valence-corrected chi connectivity index (χ1v) is 8.53. The van der Waals surface area contributed by atoms with Crippen LogP contribution in [0.2, 0.25) is 0 Å². The summed E-state index contributed by atoms with van der Waals surface area (Å²) in [6.07, 6.45) is 0. The van der Waals surface area contributed by atoms with Gasteiger partial charge in [0.25, 0.3) is 0 Å². The Bertz CT molecular complexity index is 986. The fraction of sp³-hybridized carbons (Fsp3) is 0.286. The predicted octanol–water partition coefficient (Wildman–Crippen LogP) is 3.20. The van der Waals surface area contributed by atoms with E-state index in [1.807, 2.05) is 18.2 Å². The van der Waals surface area contributed by atoms with Crippen molar-refractivity contribution in [3.63, 3.8) is 0 Å². The fourth-order valence-electron chi connectivity index (χ4n) is 3.58. The van der Waals surface area contributed by atoms with Crippen molar-refractivity contribution in [2.75, 3.05) is 21.0 Å². The second-order valence-corrected chi connectivity index (χ2v) is 6.72. The van der Waals surface area contributed by atoms with Gasteiger partial charge in [-0.3, -0.25) is 4.79 Å². The van der Waals surface area contributed by atoms with Gasteiger partial charge >= 0.3 is 0 Å². The van der Waals surface area contributed by atoms with Crippen molar-refractivity contribution >= 4 is 11.4 Å². The van der Waals surface area contributed by atoms with Gasteiger partial charge in [0.05, 0.1) is 14.2 Å². The van der Waals surface area contributed by atoms with Crippen LogP contribution in [0.5, 0.6) is 23.0 Å². The molecule has 1 aliphatic carbocycles. The van der Waals surface area contributed by atoms with Gasteiger partial charge in [-0.25, -0.2) is 0 Å². The van der Waals surface area contributed by atoms with Crippen molar-refractivity contribution in [3.05, 3.63) is 52.6 Å². The third-order valence-corrected chi connectivity index (χ3v) is 5.25. The molecule has 0 fully saturated rings. The molecule has 4 rings (SSSR count). The first-order chi connectivity index (χ1) is 12.9. The summed E-state index contributed by atoms with van der Waals surface area (Å²) in [7, 11) is 3.05. The molecule has 2 aromatic rings. The number of aliphatic hydroxyl groups is 1. The standard InChI is InChI=1S/C21H20O6/c1-11-19(12-5-6-15-18(7-12)27-10-26-15)13-8-16(24-3)17(25-4)9-14(13)20(22)21(11,2)23/h5-9,23H,10H2,1-4H3. The Morgan fingerprint density at radius 2 is 1.63 bits per heavy atom. The van der Waals surface area contributed by atoms with Crippen molar-refractivity contribution in [2.24, 2.45) is 0 Å². The summed E-state index contributed by atoms with van der Waals surface area (Å²) in [5.74, 6) is 1.87. The maximum Gasteiger partial charge on any atom is 0.231 e. The number of Topliss-reactive ketones (excluding diaryl/α,β-unsaturated/α-hetero) is 1. The van der Waals surface area contributed by atoms with Gasteiger partial charge in [0, 0.05) is 5.56 Å². The largest absolute Gasteiger partial charge is 0.493 e. The number of hydrogen-bond acceptors (Lipinski definition) is 6. The average Bonchev–Trinajstić information content (AvgIpc) is 3.14. The second-order valence-electron chi connectivity index (χ2n) is 6.72. The van der Waals surface area contributed by atoms with Gasteiger partial charge in [-0.1, -0.05) is 6.07 Å². The molecule has 0 saturated carbocycles. The molecular weight excluding hydrogens is 348 g/mol. The lowest BCUT2D eigenvalue weighted by Gasteiger charge is -2.33. The molecule has 0 amide bonds. The van der Waals surface area contributed by atoms with Crippen molar-refractivity contribution in [1.29, 1.82) is 0 Å². The van der Waals surface area contributed by atoms with Crippen molar-refractivity contribution in [3.8, 4) is 23.0 Å². The summed E-state index contributed by atoms with van der Waals surface area (Å²) in [6.45, 7) is 3.45. The highest BCUT2D eigenvalue weighted by Gasteiger charge is 2.42. The summed E-state index contributed by atoms with van der Waals surface area (Å²) in [6, 6.07) is 8.95. The molecule has 2 aliphatic rings. The van der Waals surface area contributed by atoms with E-state index in [-0.39, 0.29) is 12.6 Å². The molecule has 0 spiro atoms. The zero-order valence-corrected chi connectivity index (χ0v) is 15.6. The molecule has 1 aliphatic heterocycles. The third-order valence-electron chi connectivity index (χ3n) is 5.25. The topological polar surface area (TPSA) is 74.2 Å². The Morgan fingerprint density at radius 1 is 1.00 bits per heavy atom. The number of benzene rings is 2. The van der Waals surface area contributed by atoms with Crippen LogP contribution in [-0.2, 0) is 0 Å². The van der Waals surface area contributed by atoms with Crippen LogP contribution >= 0.6 is 0 Å². The van der Waals surface area contributed by atoms with Crippen LogP contribution in [0, 0.1) is 0 Å². The van der Waals surface area contributed by atoms with E-state index >= 15 is 0 Å². The number of carbonyl (C=O) groups excluding carboxylic acids is 1. The van der Waals surface area contributed by atoms with Crippen LogP contribution < -0.4 is 18.9 Å². The highest BCUT2D eigenvalue weighted by atomic mass is 16.7. The van der Waals surface area contributed by atoms with Gasteiger partial charge < -0.3 is 24.1 Å². The van der Waals surface area contributed by atoms with E-state index in [0.717, 1.165) is 11.1 Å². The van der Waals surface area contributed by atoms with Gasteiger partial charge in [0.15, 0.2) is 28.8 Å². The van der Waals surface area contributed by atoms with Crippen LogP contribution in [0.3, 0.4) is 0 Å². The molecule has 6 heteroatoms. The molecule has 1 atom stereocenters. The quantitative estimate of drug-likeness (QED) is 0.897. The van der Waals surface area contributed by atoms with Crippen molar-refractivity contribution < 1.29 is 28.8 Å². The molecule has 1 N–H and O–H groups in total. The Morgan fingerprint density at radius 3 is 2.30 bits per heavy atom. The Balaban J connectivity index is 2.00. The van der Waals surface area contributed by atoms with Gasteiger partial charge in [-0.05, 0) is 60.4 Å². The number of ketones is 1. The molecule has 0 aromatic heterocycles. The van der Waals surface area contributed by atoms with Crippen LogP contribution in [-0.4, -0.2) is 37.5 Å². The number of hydrogen-bond donors (Lipinski definition) is 1. The van der Waals surface area contributed by atoms with E-state index in [1.54, 1.807) is 26.2 Å².